The molecule has 0 spiro atoms. The predicted molar refractivity (Wildman–Crippen MR) is 100 cm³/mol. The van der Waals surface area contributed by atoms with Crippen LogP contribution in [0.4, 0.5) is 0 Å². The number of halogens is 1. The van der Waals surface area contributed by atoms with E-state index in [0.717, 1.165) is 16.9 Å². The molecule has 0 amide bonds. The topological polar surface area (TPSA) is 28.7 Å². The minimum Gasteiger partial charge on any atom is -0.317 e. The van der Waals surface area contributed by atoms with Gasteiger partial charge < -0.3 is 4.57 Å². The van der Waals surface area contributed by atoms with Crippen LogP contribution in [0.15, 0.2) is 60.8 Å². The fourth-order valence-corrected chi connectivity index (χ4v) is 2.96. The van der Waals surface area contributed by atoms with E-state index in [0.29, 0.717) is 10.6 Å². The Bertz CT molecular complexity index is 958. The Morgan fingerprint density at radius 1 is 1.04 bits per heavy atom. The highest BCUT2D eigenvalue weighted by atomic mass is 35.5. The zero-order valence-corrected chi connectivity index (χ0v) is 14.4. The predicted octanol–water partition coefficient (Wildman–Crippen LogP) is 5.81. The standard InChI is InChI=1S/C21H17ClN2/c1-15-7-5-11-21(16(15)2)24-12-6-8-18(24)13-17(14-23)19-9-3-4-10-20(19)22/h3-13H,1-2H3. The lowest BCUT2D eigenvalue weighted by Crippen LogP contribution is -1.99. The first kappa shape index (κ1) is 16.1. The monoisotopic (exact) mass is 332 g/mol. The summed E-state index contributed by atoms with van der Waals surface area (Å²) in [5.41, 5.74) is 5.81. The number of hydrogen-bond donors (Lipinski definition) is 0. The van der Waals surface area contributed by atoms with Gasteiger partial charge in [0.2, 0.25) is 0 Å². The molecule has 0 saturated carbocycles. The van der Waals surface area contributed by atoms with Gasteiger partial charge in [-0.3, -0.25) is 0 Å². The summed E-state index contributed by atoms with van der Waals surface area (Å²) in [6, 6.07) is 19.9. The quantitative estimate of drug-likeness (QED) is 0.556. The van der Waals surface area contributed by atoms with Crippen molar-refractivity contribution in [3.63, 3.8) is 0 Å². The van der Waals surface area contributed by atoms with Crippen molar-refractivity contribution in [3.05, 3.63) is 88.2 Å². The Balaban J connectivity index is 2.12. The molecule has 0 aliphatic heterocycles. The first-order valence-corrected chi connectivity index (χ1v) is 8.10. The molecule has 0 aliphatic carbocycles. The summed E-state index contributed by atoms with van der Waals surface area (Å²) < 4.78 is 2.09. The smallest absolute Gasteiger partial charge is 0.0999 e. The Morgan fingerprint density at radius 2 is 1.83 bits per heavy atom. The lowest BCUT2D eigenvalue weighted by molar-refractivity contribution is 1.04. The fraction of sp³-hybridized carbons (Fsp3) is 0.0952. The molecule has 3 aromatic rings. The highest BCUT2D eigenvalue weighted by Crippen LogP contribution is 2.27. The molecule has 0 unspecified atom stereocenters. The number of allylic oxidation sites excluding steroid dienone is 1. The Kier molecular flexibility index (Phi) is 4.55. The highest BCUT2D eigenvalue weighted by Gasteiger charge is 2.09. The van der Waals surface area contributed by atoms with Gasteiger partial charge >= 0.3 is 0 Å². The number of aryl methyl sites for hydroxylation is 1. The van der Waals surface area contributed by atoms with E-state index in [1.165, 1.54) is 11.1 Å². The molecule has 3 heteroatoms. The van der Waals surface area contributed by atoms with Gasteiger partial charge in [0.25, 0.3) is 0 Å². The third kappa shape index (κ3) is 2.99. The molecule has 2 aromatic carbocycles. The molecule has 0 saturated heterocycles. The number of benzene rings is 2. The molecule has 0 N–H and O–H groups in total. The second-order valence-electron chi connectivity index (χ2n) is 5.67. The van der Waals surface area contributed by atoms with Crippen LogP contribution in [-0.2, 0) is 0 Å². The molecule has 1 aromatic heterocycles. The largest absolute Gasteiger partial charge is 0.317 e. The van der Waals surface area contributed by atoms with Gasteiger partial charge in [0.1, 0.15) is 0 Å². The number of nitrogens with zero attached hydrogens (tertiary/aromatic N) is 2. The summed E-state index contributed by atoms with van der Waals surface area (Å²) in [4.78, 5) is 0. The van der Waals surface area contributed by atoms with Crippen molar-refractivity contribution in [1.82, 2.24) is 4.57 Å². The van der Waals surface area contributed by atoms with Gasteiger partial charge in [0, 0.05) is 28.2 Å². The summed E-state index contributed by atoms with van der Waals surface area (Å²) in [5, 5.41) is 10.2. The maximum atomic E-state index is 9.58. The zero-order valence-electron chi connectivity index (χ0n) is 13.6. The average Bonchev–Trinajstić information content (AvgIpc) is 3.04. The summed E-state index contributed by atoms with van der Waals surface area (Å²) >= 11 is 6.24. The molecule has 0 aliphatic rings. The number of nitriles is 1. The van der Waals surface area contributed by atoms with Crippen LogP contribution < -0.4 is 0 Å². The summed E-state index contributed by atoms with van der Waals surface area (Å²) in [6.07, 6.45) is 3.89. The minimum absolute atomic E-state index is 0.547. The van der Waals surface area contributed by atoms with E-state index in [1.807, 2.05) is 48.7 Å². The fourth-order valence-electron chi connectivity index (χ4n) is 2.73. The van der Waals surface area contributed by atoms with E-state index in [2.05, 4.69) is 36.6 Å². The van der Waals surface area contributed by atoms with Gasteiger partial charge in [-0.05, 0) is 55.3 Å². The van der Waals surface area contributed by atoms with Gasteiger partial charge in [0.15, 0.2) is 0 Å². The molecule has 0 fully saturated rings. The maximum Gasteiger partial charge on any atom is 0.0999 e. The molecule has 0 bridgehead atoms. The molecular formula is C21H17ClN2. The van der Waals surface area contributed by atoms with Crippen LogP contribution in [0.2, 0.25) is 5.02 Å². The van der Waals surface area contributed by atoms with Crippen LogP contribution in [-0.4, -0.2) is 4.57 Å². The lowest BCUT2D eigenvalue weighted by Gasteiger charge is -2.12. The number of hydrogen-bond acceptors (Lipinski definition) is 1. The molecule has 24 heavy (non-hydrogen) atoms. The number of rotatable bonds is 3. The van der Waals surface area contributed by atoms with Gasteiger partial charge in [-0.25, -0.2) is 0 Å². The summed E-state index contributed by atoms with van der Waals surface area (Å²) in [7, 11) is 0. The van der Waals surface area contributed by atoms with E-state index < -0.39 is 0 Å². The minimum atomic E-state index is 0.547. The molecule has 1 heterocycles. The van der Waals surface area contributed by atoms with Crippen LogP contribution in [0.5, 0.6) is 0 Å². The molecule has 3 rings (SSSR count). The van der Waals surface area contributed by atoms with Gasteiger partial charge in [-0.1, -0.05) is 41.9 Å². The third-order valence-corrected chi connectivity index (χ3v) is 4.52. The molecule has 118 valence electrons. The Labute approximate surface area is 147 Å². The maximum absolute atomic E-state index is 9.58. The molecule has 2 nitrogen and oxygen atoms in total. The molecule has 0 radical (unpaired) electrons. The normalized spacial score (nSPS) is 11.3. The molecular weight excluding hydrogens is 316 g/mol. The van der Waals surface area contributed by atoms with E-state index in [-0.39, 0.29) is 0 Å². The van der Waals surface area contributed by atoms with Crippen LogP contribution in [0.1, 0.15) is 22.4 Å². The number of aromatic nitrogens is 1. The molecule has 0 atom stereocenters. The van der Waals surface area contributed by atoms with Crippen LogP contribution in [0.3, 0.4) is 0 Å². The van der Waals surface area contributed by atoms with Gasteiger partial charge in [-0.15, -0.1) is 0 Å². The first-order valence-electron chi connectivity index (χ1n) is 7.72. The summed E-state index contributed by atoms with van der Waals surface area (Å²) in [5.74, 6) is 0. The van der Waals surface area contributed by atoms with Crippen molar-refractivity contribution < 1.29 is 0 Å². The first-order chi connectivity index (χ1) is 11.6. The van der Waals surface area contributed by atoms with Crippen molar-refractivity contribution in [2.75, 3.05) is 0 Å². The second kappa shape index (κ2) is 6.78. The van der Waals surface area contributed by atoms with Crippen molar-refractivity contribution in [3.8, 4) is 11.8 Å². The van der Waals surface area contributed by atoms with Crippen LogP contribution in [0, 0.1) is 25.2 Å². The van der Waals surface area contributed by atoms with Crippen molar-refractivity contribution in [2.24, 2.45) is 0 Å². The van der Waals surface area contributed by atoms with Crippen molar-refractivity contribution >= 4 is 23.3 Å². The summed E-state index contributed by atoms with van der Waals surface area (Å²) in [6.45, 7) is 4.21. The second-order valence-corrected chi connectivity index (χ2v) is 6.08. The average molecular weight is 333 g/mol. The van der Waals surface area contributed by atoms with E-state index in [1.54, 1.807) is 6.07 Å². The Hall–Kier alpha value is -2.76. The highest BCUT2D eigenvalue weighted by molar-refractivity contribution is 6.32. The van der Waals surface area contributed by atoms with Crippen LogP contribution in [0.25, 0.3) is 17.3 Å². The Morgan fingerprint density at radius 3 is 2.58 bits per heavy atom. The van der Waals surface area contributed by atoms with E-state index in [4.69, 9.17) is 11.6 Å². The van der Waals surface area contributed by atoms with Gasteiger partial charge in [-0.2, -0.15) is 5.26 Å². The third-order valence-electron chi connectivity index (χ3n) is 4.19. The van der Waals surface area contributed by atoms with Gasteiger partial charge in [0.05, 0.1) is 11.6 Å². The van der Waals surface area contributed by atoms with E-state index in [9.17, 15) is 5.26 Å². The lowest BCUT2D eigenvalue weighted by atomic mass is 10.1. The zero-order chi connectivity index (χ0) is 17.1. The van der Waals surface area contributed by atoms with E-state index >= 15 is 0 Å². The van der Waals surface area contributed by atoms with Crippen LogP contribution >= 0.6 is 11.6 Å². The van der Waals surface area contributed by atoms with Crippen molar-refractivity contribution in [1.29, 1.82) is 5.26 Å². The SMILES string of the molecule is Cc1cccc(-n2cccc2C=C(C#N)c2ccccc2Cl)c1C. The van der Waals surface area contributed by atoms with Crippen molar-refractivity contribution in [2.45, 2.75) is 13.8 Å².